The van der Waals surface area contributed by atoms with Crippen LogP contribution in [0.25, 0.3) is 11.1 Å². The summed E-state index contributed by atoms with van der Waals surface area (Å²) in [5, 5.41) is 21.8. The average Bonchev–Trinajstić information content (AvgIpc) is 2.78. The summed E-state index contributed by atoms with van der Waals surface area (Å²) in [6.07, 6.45) is -0.0865. The van der Waals surface area contributed by atoms with Gasteiger partial charge in [0.25, 0.3) is 0 Å². The van der Waals surface area contributed by atoms with Gasteiger partial charge in [-0.2, -0.15) is 0 Å². The van der Waals surface area contributed by atoms with E-state index in [1.165, 1.54) is 0 Å². The van der Waals surface area contributed by atoms with Gasteiger partial charge in [-0.15, -0.1) is 0 Å². The second kappa shape index (κ2) is 10.6. The van der Waals surface area contributed by atoms with Crippen molar-refractivity contribution in [3.05, 3.63) is 83.4 Å². The molecule has 0 saturated heterocycles. The van der Waals surface area contributed by atoms with E-state index >= 15 is 0 Å². The van der Waals surface area contributed by atoms with E-state index in [2.05, 4.69) is 11.4 Å². The van der Waals surface area contributed by atoms with E-state index in [1.54, 1.807) is 18.2 Å². The first-order valence-electron chi connectivity index (χ1n) is 10.3. The van der Waals surface area contributed by atoms with E-state index in [4.69, 9.17) is 15.6 Å². The fourth-order valence-corrected chi connectivity index (χ4v) is 3.42. The first-order valence-corrected chi connectivity index (χ1v) is 10.3. The molecule has 3 aromatic carbocycles. The second-order valence-electron chi connectivity index (χ2n) is 7.33. The molecule has 6 nitrogen and oxygen atoms in total. The van der Waals surface area contributed by atoms with Gasteiger partial charge in [0.05, 0.1) is 19.1 Å². The standard InChI is InChI=1S/C25H28N2O4/c1-2-27-22-11-17(16-31-24-9-4-3-6-20(24)14-25(29)30)10-21(13-22)18-7-5-8-19(12-18)23(26)15-28/h3-13,23,27-28H,2,14-16,26H2,1H3,(H,29,30). The lowest BCUT2D eigenvalue weighted by Gasteiger charge is -2.15. The van der Waals surface area contributed by atoms with E-state index in [0.717, 1.165) is 34.5 Å². The third-order valence-corrected chi connectivity index (χ3v) is 4.93. The van der Waals surface area contributed by atoms with Crippen LogP contribution < -0.4 is 15.8 Å². The first kappa shape index (κ1) is 22.3. The number of nitrogens with two attached hydrogens (primary N) is 1. The largest absolute Gasteiger partial charge is 0.489 e. The number of aliphatic hydroxyl groups is 1. The molecule has 0 saturated carbocycles. The van der Waals surface area contributed by atoms with Crippen molar-refractivity contribution >= 4 is 11.7 Å². The maximum Gasteiger partial charge on any atom is 0.307 e. The molecule has 0 aliphatic rings. The number of carboxylic acid groups (broad SMARTS) is 1. The summed E-state index contributed by atoms with van der Waals surface area (Å²) in [7, 11) is 0. The zero-order chi connectivity index (χ0) is 22.2. The number of aliphatic carboxylic acids is 1. The minimum atomic E-state index is -0.895. The van der Waals surface area contributed by atoms with Crippen LogP contribution in [0.1, 0.15) is 29.7 Å². The van der Waals surface area contributed by atoms with Crippen molar-refractivity contribution in [2.45, 2.75) is 26.0 Å². The van der Waals surface area contributed by atoms with Crippen molar-refractivity contribution < 1.29 is 19.7 Å². The van der Waals surface area contributed by atoms with Gasteiger partial charge in [0.1, 0.15) is 12.4 Å². The van der Waals surface area contributed by atoms with Crippen LogP contribution in [0.15, 0.2) is 66.7 Å². The number of para-hydroxylation sites is 1. The Morgan fingerprint density at radius 2 is 1.87 bits per heavy atom. The van der Waals surface area contributed by atoms with E-state index in [9.17, 15) is 9.90 Å². The van der Waals surface area contributed by atoms with Crippen LogP contribution in [0.5, 0.6) is 5.75 Å². The Balaban J connectivity index is 1.89. The van der Waals surface area contributed by atoms with Crippen molar-refractivity contribution in [2.24, 2.45) is 5.73 Å². The molecule has 6 heteroatoms. The molecule has 0 spiro atoms. The van der Waals surface area contributed by atoms with Crippen LogP contribution in [0.3, 0.4) is 0 Å². The smallest absolute Gasteiger partial charge is 0.307 e. The van der Waals surface area contributed by atoms with Crippen LogP contribution in [0, 0.1) is 0 Å². The first-order chi connectivity index (χ1) is 15.0. The van der Waals surface area contributed by atoms with Crippen LogP contribution >= 0.6 is 0 Å². The SMILES string of the molecule is CCNc1cc(COc2ccccc2CC(=O)O)cc(-c2cccc(C(N)CO)c2)c1. The van der Waals surface area contributed by atoms with Crippen molar-refractivity contribution in [3.8, 4) is 16.9 Å². The number of aliphatic hydroxyl groups excluding tert-OH is 1. The number of hydrogen-bond donors (Lipinski definition) is 4. The topological polar surface area (TPSA) is 105 Å². The highest BCUT2D eigenvalue weighted by atomic mass is 16.5. The Bertz CT molecular complexity index is 1040. The van der Waals surface area contributed by atoms with E-state index in [1.807, 2.05) is 49.4 Å². The van der Waals surface area contributed by atoms with E-state index < -0.39 is 12.0 Å². The Morgan fingerprint density at radius 3 is 2.61 bits per heavy atom. The molecule has 0 fully saturated rings. The van der Waals surface area contributed by atoms with Gasteiger partial charge in [0.15, 0.2) is 0 Å². The monoisotopic (exact) mass is 420 g/mol. The van der Waals surface area contributed by atoms with Crippen LogP contribution in [0.2, 0.25) is 0 Å². The molecule has 0 radical (unpaired) electrons. The van der Waals surface area contributed by atoms with E-state index in [0.29, 0.717) is 17.9 Å². The third kappa shape index (κ3) is 6.07. The molecular weight excluding hydrogens is 392 g/mol. The molecule has 0 heterocycles. The molecule has 5 N–H and O–H groups in total. The number of carboxylic acids is 1. The molecule has 0 amide bonds. The second-order valence-corrected chi connectivity index (χ2v) is 7.33. The van der Waals surface area contributed by atoms with E-state index in [-0.39, 0.29) is 13.0 Å². The van der Waals surface area contributed by atoms with Crippen molar-refractivity contribution in [2.75, 3.05) is 18.5 Å². The number of carbonyl (C=O) groups is 1. The Kier molecular flexibility index (Phi) is 7.65. The highest BCUT2D eigenvalue weighted by Gasteiger charge is 2.10. The lowest BCUT2D eigenvalue weighted by Crippen LogP contribution is -2.14. The number of benzene rings is 3. The summed E-state index contributed by atoms with van der Waals surface area (Å²) < 4.78 is 5.98. The van der Waals surface area contributed by atoms with Gasteiger partial charge in [0, 0.05) is 17.8 Å². The molecular formula is C25H28N2O4. The van der Waals surface area contributed by atoms with Gasteiger partial charge in [-0.3, -0.25) is 4.79 Å². The van der Waals surface area contributed by atoms with Crippen molar-refractivity contribution in [1.82, 2.24) is 0 Å². The van der Waals surface area contributed by atoms with Gasteiger partial charge < -0.3 is 26.0 Å². The normalized spacial score (nSPS) is 11.7. The number of hydrogen-bond acceptors (Lipinski definition) is 5. The Labute approximate surface area is 182 Å². The van der Waals surface area contributed by atoms with Gasteiger partial charge in [-0.05, 0) is 59.5 Å². The number of anilines is 1. The molecule has 0 aliphatic carbocycles. The number of ether oxygens (including phenoxy) is 1. The fraction of sp³-hybridized carbons (Fsp3) is 0.240. The maximum absolute atomic E-state index is 11.1. The quantitative estimate of drug-likeness (QED) is 0.395. The molecule has 3 aromatic rings. The molecule has 1 unspecified atom stereocenters. The molecule has 0 bridgehead atoms. The summed E-state index contributed by atoms with van der Waals surface area (Å²) in [5.74, 6) is -0.329. The Morgan fingerprint density at radius 1 is 1.06 bits per heavy atom. The minimum absolute atomic E-state index is 0.0865. The predicted octanol–water partition coefficient (Wildman–Crippen LogP) is 3.98. The molecule has 31 heavy (non-hydrogen) atoms. The summed E-state index contributed by atoms with van der Waals surface area (Å²) in [6.45, 7) is 3.00. The maximum atomic E-state index is 11.1. The summed E-state index contributed by atoms with van der Waals surface area (Å²) in [4.78, 5) is 11.1. The zero-order valence-corrected chi connectivity index (χ0v) is 17.5. The fourth-order valence-electron chi connectivity index (χ4n) is 3.42. The van der Waals surface area contributed by atoms with Gasteiger partial charge in [-0.1, -0.05) is 36.4 Å². The highest BCUT2D eigenvalue weighted by molar-refractivity contribution is 5.71. The Hall–Kier alpha value is -3.35. The van der Waals surface area contributed by atoms with Gasteiger partial charge in [0.2, 0.25) is 0 Å². The number of rotatable bonds is 10. The van der Waals surface area contributed by atoms with Crippen molar-refractivity contribution in [3.63, 3.8) is 0 Å². The average molecular weight is 421 g/mol. The minimum Gasteiger partial charge on any atom is -0.489 e. The molecule has 0 aliphatic heterocycles. The lowest BCUT2D eigenvalue weighted by molar-refractivity contribution is -0.136. The zero-order valence-electron chi connectivity index (χ0n) is 17.5. The molecule has 0 aromatic heterocycles. The third-order valence-electron chi connectivity index (χ3n) is 4.93. The van der Waals surface area contributed by atoms with Crippen LogP contribution in [-0.2, 0) is 17.8 Å². The van der Waals surface area contributed by atoms with Crippen molar-refractivity contribution in [1.29, 1.82) is 0 Å². The molecule has 1 atom stereocenters. The predicted molar refractivity (Wildman–Crippen MR) is 122 cm³/mol. The summed E-state index contributed by atoms with van der Waals surface area (Å²) >= 11 is 0. The van der Waals surface area contributed by atoms with Gasteiger partial charge in [-0.25, -0.2) is 0 Å². The number of nitrogens with one attached hydrogen (secondary N) is 1. The van der Waals surface area contributed by atoms with Crippen LogP contribution in [-0.4, -0.2) is 29.3 Å². The summed E-state index contributed by atoms with van der Waals surface area (Å²) in [5.41, 5.74) is 11.4. The molecule has 3 rings (SSSR count). The van der Waals surface area contributed by atoms with Crippen LogP contribution in [0.4, 0.5) is 5.69 Å². The van der Waals surface area contributed by atoms with Gasteiger partial charge >= 0.3 is 5.97 Å². The summed E-state index contributed by atoms with van der Waals surface area (Å²) in [6, 6.07) is 20.7. The lowest BCUT2D eigenvalue weighted by atomic mass is 9.98. The highest BCUT2D eigenvalue weighted by Crippen LogP contribution is 2.28. The molecule has 162 valence electrons.